The molecule has 2 heterocycles. The van der Waals surface area contributed by atoms with Crippen LogP contribution in [0.3, 0.4) is 0 Å². The summed E-state index contributed by atoms with van der Waals surface area (Å²) in [5, 5.41) is 7.11. The fraction of sp³-hybridized carbons (Fsp3) is 0.455. The van der Waals surface area contributed by atoms with Crippen LogP contribution >= 0.6 is 0 Å². The molecule has 0 aliphatic heterocycles. The summed E-state index contributed by atoms with van der Waals surface area (Å²) < 4.78 is 10.3. The monoisotopic (exact) mass is 221 g/mol. The van der Waals surface area contributed by atoms with Gasteiger partial charge in [-0.2, -0.15) is 4.98 Å². The van der Waals surface area contributed by atoms with Crippen molar-refractivity contribution in [3.05, 3.63) is 24.3 Å². The van der Waals surface area contributed by atoms with Gasteiger partial charge in [0.05, 0.1) is 12.8 Å². The fourth-order valence-corrected chi connectivity index (χ4v) is 1.17. The number of nitrogens with one attached hydrogen (secondary N) is 1. The van der Waals surface area contributed by atoms with Crippen molar-refractivity contribution in [3.63, 3.8) is 0 Å². The van der Waals surface area contributed by atoms with Gasteiger partial charge in [-0.15, -0.1) is 0 Å². The van der Waals surface area contributed by atoms with E-state index in [0.29, 0.717) is 24.0 Å². The first-order valence-electron chi connectivity index (χ1n) is 5.16. The molecular weight excluding hydrogens is 206 g/mol. The van der Waals surface area contributed by atoms with Crippen LogP contribution in [0.25, 0.3) is 11.6 Å². The SMILES string of the molecule is CC(C)(C)NCc1nc(-c2ccco2)no1. The molecule has 0 aliphatic carbocycles. The van der Waals surface area contributed by atoms with Crippen molar-refractivity contribution in [2.45, 2.75) is 32.9 Å². The van der Waals surface area contributed by atoms with Gasteiger partial charge < -0.3 is 14.3 Å². The second-order valence-corrected chi connectivity index (χ2v) is 4.59. The molecule has 2 aromatic heterocycles. The van der Waals surface area contributed by atoms with E-state index >= 15 is 0 Å². The smallest absolute Gasteiger partial charge is 0.241 e. The van der Waals surface area contributed by atoms with E-state index in [1.54, 1.807) is 18.4 Å². The highest BCUT2D eigenvalue weighted by molar-refractivity contribution is 5.44. The Hall–Kier alpha value is -1.62. The second-order valence-electron chi connectivity index (χ2n) is 4.59. The van der Waals surface area contributed by atoms with Gasteiger partial charge in [-0.1, -0.05) is 5.16 Å². The second kappa shape index (κ2) is 4.09. The molecule has 0 radical (unpaired) electrons. The molecule has 0 aromatic carbocycles. The maximum atomic E-state index is 5.17. The van der Waals surface area contributed by atoms with E-state index in [-0.39, 0.29) is 5.54 Å². The van der Waals surface area contributed by atoms with Gasteiger partial charge in [-0.25, -0.2) is 0 Å². The van der Waals surface area contributed by atoms with E-state index in [1.165, 1.54) is 0 Å². The lowest BCUT2D eigenvalue weighted by atomic mass is 10.1. The molecule has 0 saturated carbocycles. The summed E-state index contributed by atoms with van der Waals surface area (Å²) in [5.74, 6) is 1.66. The largest absolute Gasteiger partial charge is 0.461 e. The summed E-state index contributed by atoms with van der Waals surface area (Å²) in [6.07, 6.45) is 1.58. The van der Waals surface area contributed by atoms with Gasteiger partial charge in [0.15, 0.2) is 5.76 Å². The summed E-state index contributed by atoms with van der Waals surface area (Å²) in [4.78, 5) is 4.22. The first-order chi connectivity index (χ1) is 7.54. The molecule has 0 fully saturated rings. The lowest BCUT2D eigenvalue weighted by Gasteiger charge is -2.18. The van der Waals surface area contributed by atoms with Crippen molar-refractivity contribution < 1.29 is 8.94 Å². The fourth-order valence-electron chi connectivity index (χ4n) is 1.17. The number of aromatic nitrogens is 2. The van der Waals surface area contributed by atoms with Crippen molar-refractivity contribution in [1.82, 2.24) is 15.5 Å². The van der Waals surface area contributed by atoms with Gasteiger partial charge in [0.1, 0.15) is 0 Å². The van der Waals surface area contributed by atoms with Crippen LogP contribution in [0, 0.1) is 0 Å². The highest BCUT2D eigenvalue weighted by Crippen LogP contribution is 2.15. The predicted octanol–water partition coefficient (Wildman–Crippen LogP) is 2.22. The quantitative estimate of drug-likeness (QED) is 0.860. The minimum atomic E-state index is 0.0271. The lowest BCUT2D eigenvalue weighted by molar-refractivity contribution is 0.336. The van der Waals surface area contributed by atoms with E-state index in [1.807, 2.05) is 0 Å². The Morgan fingerprint density at radius 3 is 2.81 bits per heavy atom. The molecule has 0 unspecified atom stereocenters. The molecular formula is C11H15N3O2. The standard InChI is InChI=1S/C11H15N3O2/c1-11(2,3)12-7-9-13-10(14-16-9)8-5-4-6-15-8/h4-6,12H,7H2,1-3H3. The Balaban J connectivity index is 2.03. The van der Waals surface area contributed by atoms with Gasteiger partial charge in [0.25, 0.3) is 0 Å². The molecule has 5 heteroatoms. The summed E-state index contributed by atoms with van der Waals surface area (Å²) in [7, 11) is 0. The average Bonchev–Trinajstić information content (AvgIpc) is 2.84. The number of furan rings is 1. The molecule has 0 amide bonds. The predicted molar refractivity (Wildman–Crippen MR) is 58.6 cm³/mol. The Bertz CT molecular complexity index is 440. The Morgan fingerprint density at radius 1 is 1.38 bits per heavy atom. The van der Waals surface area contributed by atoms with Crippen molar-refractivity contribution in [3.8, 4) is 11.6 Å². The molecule has 5 nitrogen and oxygen atoms in total. The Kier molecular flexibility index (Phi) is 2.78. The van der Waals surface area contributed by atoms with Gasteiger partial charge in [0.2, 0.25) is 11.7 Å². The zero-order valence-corrected chi connectivity index (χ0v) is 9.65. The summed E-state index contributed by atoms with van der Waals surface area (Å²) in [5.41, 5.74) is 0.0271. The molecule has 0 saturated heterocycles. The van der Waals surface area contributed by atoms with Crippen molar-refractivity contribution >= 4 is 0 Å². The molecule has 0 spiro atoms. The molecule has 0 atom stereocenters. The minimum absolute atomic E-state index is 0.0271. The highest BCUT2D eigenvalue weighted by Gasteiger charge is 2.13. The third-order valence-corrected chi connectivity index (χ3v) is 1.98. The van der Waals surface area contributed by atoms with Crippen molar-refractivity contribution in [2.24, 2.45) is 0 Å². The molecule has 86 valence electrons. The number of hydrogen-bond donors (Lipinski definition) is 1. The Morgan fingerprint density at radius 2 is 2.19 bits per heavy atom. The Labute approximate surface area is 93.8 Å². The zero-order valence-electron chi connectivity index (χ0n) is 9.65. The van der Waals surface area contributed by atoms with Gasteiger partial charge in [-0.05, 0) is 32.9 Å². The lowest BCUT2D eigenvalue weighted by Crippen LogP contribution is -2.35. The van der Waals surface area contributed by atoms with E-state index in [9.17, 15) is 0 Å². The number of hydrogen-bond acceptors (Lipinski definition) is 5. The minimum Gasteiger partial charge on any atom is -0.461 e. The molecule has 16 heavy (non-hydrogen) atoms. The van der Waals surface area contributed by atoms with Gasteiger partial charge in [-0.3, -0.25) is 0 Å². The third-order valence-electron chi connectivity index (χ3n) is 1.98. The maximum absolute atomic E-state index is 5.17. The molecule has 0 aliphatic rings. The first-order valence-corrected chi connectivity index (χ1v) is 5.16. The molecule has 2 aromatic rings. The number of nitrogens with zero attached hydrogens (tertiary/aromatic N) is 2. The third kappa shape index (κ3) is 2.70. The van der Waals surface area contributed by atoms with Gasteiger partial charge in [0, 0.05) is 5.54 Å². The van der Waals surface area contributed by atoms with Crippen LogP contribution in [-0.4, -0.2) is 15.7 Å². The summed E-state index contributed by atoms with van der Waals surface area (Å²) in [6.45, 7) is 6.79. The van der Waals surface area contributed by atoms with Crippen molar-refractivity contribution in [2.75, 3.05) is 0 Å². The van der Waals surface area contributed by atoms with E-state index in [2.05, 4.69) is 36.2 Å². The summed E-state index contributed by atoms with van der Waals surface area (Å²) >= 11 is 0. The molecule has 2 rings (SSSR count). The number of rotatable bonds is 3. The van der Waals surface area contributed by atoms with E-state index in [4.69, 9.17) is 8.94 Å². The summed E-state index contributed by atoms with van der Waals surface area (Å²) in [6, 6.07) is 3.59. The topological polar surface area (TPSA) is 64.1 Å². The van der Waals surface area contributed by atoms with E-state index in [0.717, 1.165) is 0 Å². The van der Waals surface area contributed by atoms with E-state index < -0.39 is 0 Å². The van der Waals surface area contributed by atoms with Crippen LogP contribution in [0.4, 0.5) is 0 Å². The van der Waals surface area contributed by atoms with Crippen LogP contribution in [0.2, 0.25) is 0 Å². The molecule has 1 N–H and O–H groups in total. The van der Waals surface area contributed by atoms with Crippen LogP contribution in [0.5, 0.6) is 0 Å². The van der Waals surface area contributed by atoms with Crippen LogP contribution in [-0.2, 0) is 6.54 Å². The zero-order chi connectivity index (χ0) is 11.6. The normalized spacial score (nSPS) is 11.9. The average molecular weight is 221 g/mol. The highest BCUT2D eigenvalue weighted by atomic mass is 16.5. The van der Waals surface area contributed by atoms with Crippen molar-refractivity contribution in [1.29, 1.82) is 0 Å². The first kappa shape index (κ1) is 10.9. The maximum Gasteiger partial charge on any atom is 0.241 e. The van der Waals surface area contributed by atoms with Gasteiger partial charge >= 0.3 is 0 Å². The molecule has 0 bridgehead atoms. The van der Waals surface area contributed by atoms with Crippen LogP contribution in [0.15, 0.2) is 27.3 Å². The van der Waals surface area contributed by atoms with Crippen LogP contribution in [0.1, 0.15) is 26.7 Å². The van der Waals surface area contributed by atoms with Crippen LogP contribution < -0.4 is 5.32 Å².